The van der Waals surface area contributed by atoms with Crippen molar-refractivity contribution in [3.05, 3.63) is 35.4 Å². The van der Waals surface area contributed by atoms with Crippen LogP contribution in [0.3, 0.4) is 0 Å². The van der Waals surface area contributed by atoms with Crippen molar-refractivity contribution in [1.29, 1.82) is 0 Å². The average molecular weight is 207 g/mol. The minimum atomic E-state index is 0.0504. The van der Waals surface area contributed by atoms with E-state index in [2.05, 4.69) is 29.6 Å². The van der Waals surface area contributed by atoms with Gasteiger partial charge in [0.1, 0.15) is 4.87 Å². The van der Waals surface area contributed by atoms with Crippen molar-refractivity contribution >= 4 is 11.8 Å². The number of fused-ring (bicyclic) bond motifs is 2. The Kier molecular flexibility index (Phi) is 2.04. The summed E-state index contributed by atoms with van der Waals surface area (Å²) in [5.41, 5.74) is 2.76. The van der Waals surface area contributed by atoms with Gasteiger partial charge in [0.25, 0.3) is 0 Å². The fourth-order valence-electron chi connectivity index (χ4n) is 2.22. The molecule has 1 atom stereocenters. The van der Waals surface area contributed by atoms with Gasteiger partial charge in [0, 0.05) is 12.3 Å². The van der Waals surface area contributed by atoms with Crippen LogP contribution in [0.4, 0.5) is 0 Å². The van der Waals surface area contributed by atoms with Gasteiger partial charge in [0.2, 0.25) is 0 Å². The van der Waals surface area contributed by atoms with Gasteiger partial charge in [-0.25, -0.2) is 0 Å². The summed E-state index contributed by atoms with van der Waals surface area (Å²) >= 11 is 1.97. The second kappa shape index (κ2) is 3.26. The molecule has 0 aromatic heterocycles. The first kappa shape index (κ1) is 8.77. The molecular weight excluding hydrogens is 194 g/mol. The highest BCUT2D eigenvalue weighted by molar-refractivity contribution is 8.00. The van der Waals surface area contributed by atoms with Crippen LogP contribution in [-0.2, 0) is 16.2 Å². The van der Waals surface area contributed by atoms with E-state index in [0.29, 0.717) is 0 Å². The molecule has 2 aliphatic rings. The molecule has 0 aliphatic carbocycles. The molecule has 1 aromatic carbocycles. The molecule has 2 aliphatic heterocycles. The summed E-state index contributed by atoms with van der Waals surface area (Å²) in [5.74, 6) is 1.18. The summed E-state index contributed by atoms with van der Waals surface area (Å²) in [5, 5.41) is 3.57. The van der Waals surface area contributed by atoms with Gasteiger partial charge in [-0.3, -0.25) is 5.32 Å². The van der Waals surface area contributed by atoms with Crippen LogP contribution in [0, 0.1) is 0 Å². The van der Waals surface area contributed by atoms with Gasteiger partial charge in [-0.1, -0.05) is 24.3 Å². The summed E-state index contributed by atoms with van der Waals surface area (Å²) in [4.78, 5) is 0.0504. The molecule has 1 N–H and O–H groups in total. The van der Waals surface area contributed by atoms with E-state index in [-0.39, 0.29) is 4.87 Å². The quantitative estimate of drug-likeness (QED) is 0.699. The maximum Gasteiger partial charge on any atom is 0.114 e. The van der Waals surface area contributed by atoms with Crippen molar-refractivity contribution in [3.8, 4) is 0 Å². The first-order chi connectivity index (χ1) is 6.91. The summed E-state index contributed by atoms with van der Waals surface area (Å²) in [7, 11) is 0. The van der Waals surface area contributed by atoms with Crippen molar-refractivity contribution in [2.45, 2.75) is 11.5 Å². The van der Waals surface area contributed by atoms with Gasteiger partial charge in [-0.05, 0) is 11.1 Å². The van der Waals surface area contributed by atoms with Crippen LogP contribution in [0.1, 0.15) is 11.1 Å². The maximum absolute atomic E-state index is 5.65. The number of hydrogen-bond donors (Lipinski definition) is 1. The number of nitrogens with one attached hydrogen (secondary N) is 1. The first-order valence-electron chi connectivity index (χ1n) is 4.96. The Hall–Kier alpha value is -0.510. The predicted octanol–water partition coefficient (Wildman–Crippen LogP) is 1.71. The zero-order valence-electron chi connectivity index (χ0n) is 7.95. The van der Waals surface area contributed by atoms with Crippen LogP contribution in [0.25, 0.3) is 0 Å². The van der Waals surface area contributed by atoms with Crippen LogP contribution in [0.5, 0.6) is 0 Å². The predicted molar refractivity (Wildman–Crippen MR) is 58.2 cm³/mol. The van der Waals surface area contributed by atoms with E-state index < -0.39 is 0 Å². The third kappa shape index (κ3) is 1.20. The third-order valence-electron chi connectivity index (χ3n) is 2.88. The lowest BCUT2D eigenvalue weighted by molar-refractivity contribution is 0.0737. The number of thioether (sulfide) groups is 1. The number of benzene rings is 1. The van der Waals surface area contributed by atoms with Gasteiger partial charge < -0.3 is 4.74 Å². The van der Waals surface area contributed by atoms with Crippen LogP contribution < -0.4 is 5.32 Å². The fourth-order valence-corrected chi connectivity index (χ4v) is 3.50. The lowest BCUT2D eigenvalue weighted by Crippen LogP contribution is -2.42. The topological polar surface area (TPSA) is 21.3 Å². The minimum absolute atomic E-state index is 0.0504. The molecule has 1 unspecified atom stereocenters. The van der Waals surface area contributed by atoms with Crippen LogP contribution in [0.2, 0.25) is 0 Å². The minimum Gasteiger partial charge on any atom is -0.374 e. The summed E-state index contributed by atoms with van der Waals surface area (Å²) in [6, 6.07) is 8.59. The van der Waals surface area contributed by atoms with Crippen LogP contribution in [0.15, 0.2) is 24.3 Å². The molecule has 0 radical (unpaired) electrons. The Labute approximate surface area is 88.0 Å². The SMILES string of the molecule is c1ccc2c(c1)COCC21NCCS1. The highest BCUT2D eigenvalue weighted by Crippen LogP contribution is 2.42. The number of ether oxygens (including phenoxy) is 1. The number of hydrogen-bond acceptors (Lipinski definition) is 3. The lowest BCUT2D eigenvalue weighted by atomic mass is 9.98. The molecule has 1 spiro atoms. The average Bonchev–Trinajstić information content (AvgIpc) is 2.68. The molecule has 1 aromatic rings. The van der Waals surface area contributed by atoms with Gasteiger partial charge in [-0.2, -0.15) is 0 Å². The molecule has 1 fully saturated rings. The van der Waals surface area contributed by atoms with Gasteiger partial charge in [0.05, 0.1) is 13.2 Å². The Morgan fingerprint density at radius 3 is 3.14 bits per heavy atom. The second-order valence-corrected chi connectivity index (χ2v) is 5.15. The highest BCUT2D eigenvalue weighted by Gasteiger charge is 2.40. The van der Waals surface area contributed by atoms with Crippen molar-refractivity contribution in [2.24, 2.45) is 0 Å². The van der Waals surface area contributed by atoms with E-state index >= 15 is 0 Å². The Bertz CT molecular complexity index is 347. The summed E-state index contributed by atoms with van der Waals surface area (Å²) in [6.45, 7) is 2.65. The zero-order valence-corrected chi connectivity index (χ0v) is 8.77. The largest absolute Gasteiger partial charge is 0.374 e. The molecule has 3 rings (SSSR count). The normalized spacial score (nSPS) is 30.6. The monoisotopic (exact) mass is 207 g/mol. The van der Waals surface area contributed by atoms with Crippen molar-refractivity contribution in [1.82, 2.24) is 5.32 Å². The number of rotatable bonds is 0. The Morgan fingerprint density at radius 2 is 2.29 bits per heavy atom. The van der Waals surface area contributed by atoms with Crippen molar-refractivity contribution in [3.63, 3.8) is 0 Å². The molecule has 3 heteroatoms. The van der Waals surface area contributed by atoms with E-state index in [0.717, 1.165) is 19.8 Å². The zero-order chi connectivity index (χ0) is 9.43. The molecule has 74 valence electrons. The standard InChI is InChI=1S/C11H13NOS/c1-2-4-10-9(3-1)7-13-8-11(10)12-5-6-14-11/h1-4,12H,5-8H2. The molecule has 2 nitrogen and oxygen atoms in total. The highest BCUT2D eigenvalue weighted by atomic mass is 32.2. The summed E-state index contributed by atoms with van der Waals surface area (Å²) < 4.78 is 5.65. The summed E-state index contributed by atoms with van der Waals surface area (Å²) in [6.07, 6.45) is 0. The van der Waals surface area contributed by atoms with Crippen LogP contribution >= 0.6 is 11.8 Å². The maximum atomic E-state index is 5.65. The van der Waals surface area contributed by atoms with E-state index in [1.54, 1.807) is 0 Å². The van der Waals surface area contributed by atoms with E-state index in [1.807, 2.05) is 11.8 Å². The Balaban J connectivity index is 2.10. The molecule has 14 heavy (non-hydrogen) atoms. The van der Waals surface area contributed by atoms with Gasteiger partial charge in [-0.15, -0.1) is 11.8 Å². The third-order valence-corrected chi connectivity index (χ3v) is 4.26. The molecule has 1 saturated heterocycles. The molecule has 0 amide bonds. The molecule has 0 saturated carbocycles. The first-order valence-corrected chi connectivity index (χ1v) is 5.94. The molecule has 0 bridgehead atoms. The van der Waals surface area contributed by atoms with Crippen LogP contribution in [-0.4, -0.2) is 18.9 Å². The van der Waals surface area contributed by atoms with E-state index in [9.17, 15) is 0 Å². The Morgan fingerprint density at radius 1 is 1.36 bits per heavy atom. The molecular formula is C11H13NOS. The van der Waals surface area contributed by atoms with Gasteiger partial charge in [0.15, 0.2) is 0 Å². The van der Waals surface area contributed by atoms with Gasteiger partial charge >= 0.3 is 0 Å². The lowest BCUT2D eigenvalue weighted by Gasteiger charge is -2.34. The van der Waals surface area contributed by atoms with E-state index in [1.165, 1.54) is 16.9 Å². The van der Waals surface area contributed by atoms with Crippen molar-refractivity contribution < 1.29 is 4.74 Å². The fraction of sp³-hybridized carbons (Fsp3) is 0.455. The molecule has 2 heterocycles. The second-order valence-electron chi connectivity index (χ2n) is 3.75. The van der Waals surface area contributed by atoms with E-state index in [4.69, 9.17) is 4.74 Å². The smallest absolute Gasteiger partial charge is 0.114 e. The van der Waals surface area contributed by atoms with Crippen molar-refractivity contribution in [2.75, 3.05) is 18.9 Å².